The van der Waals surface area contributed by atoms with Crippen LogP contribution in [0.2, 0.25) is 0 Å². The molecule has 0 radical (unpaired) electrons. The minimum absolute atomic E-state index is 0.00623. The van der Waals surface area contributed by atoms with Crippen LogP contribution in [-0.4, -0.2) is 64.5 Å². The predicted octanol–water partition coefficient (Wildman–Crippen LogP) is 1.14. The minimum Gasteiger partial charge on any atom is -0.481 e. The fourth-order valence-electron chi connectivity index (χ4n) is 1.78. The summed E-state index contributed by atoms with van der Waals surface area (Å²) in [4.78, 5) is 37.6. The van der Waals surface area contributed by atoms with Crippen molar-refractivity contribution in [1.29, 1.82) is 0 Å². The van der Waals surface area contributed by atoms with Crippen LogP contribution in [0.1, 0.15) is 41.0 Å². The molecule has 21 heavy (non-hydrogen) atoms. The number of aliphatic carboxylic acids is 1. The number of urea groups is 1. The van der Waals surface area contributed by atoms with E-state index >= 15 is 0 Å². The molecule has 3 amide bonds. The molecule has 0 aliphatic carbocycles. The third-order valence-electron chi connectivity index (χ3n) is 2.75. The first kappa shape index (κ1) is 19.2. The monoisotopic (exact) mass is 301 g/mol. The standard InChI is InChI=1S/C14H27N3O4/c1-10(2)15-11(18)9-16(6)13(21)17(14(3,4)5)8-7-12(19)20/h10H,7-9H2,1-6H3,(H,15,18)(H,19,20). The lowest BCUT2D eigenvalue weighted by atomic mass is 10.1. The highest BCUT2D eigenvalue weighted by Gasteiger charge is 2.29. The molecule has 0 saturated heterocycles. The molecule has 0 saturated carbocycles. The largest absolute Gasteiger partial charge is 0.481 e. The fraction of sp³-hybridized carbons (Fsp3) is 0.786. The first-order valence-corrected chi connectivity index (χ1v) is 6.99. The number of nitrogens with one attached hydrogen (secondary N) is 1. The lowest BCUT2D eigenvalue weighted by Gasteiger charge is -2.38. The summed E-state index contributed by atoms with van der Waals surface area (Å²) < 4.78 is 0. The van der Waals surface area contributed by atoms with Crippen molar-refractivity contribution in [2.24, 2.45) is 0 Å². The van der Waals surface area contributed by atoms with Crippen LogP contribution in [0.15, 0.2) is 0 Å². The van der Waals surface area contributed by atoms with Crippen LogP contribution in [0.3, 0.4) is 0 Å². The van der Waals surface area contributed by atoms with E-state index in [0.717, 1.165) is 0 Å². The maximum Gasteiger partial charge on any atom is 0.320 e. The van der Waals surface area contributed by atoms with Crippen molar-refractivity contribution in [3.05, 3.63) is 0 Å². The first-order chi connectivity index (χ1) is 9.45. The molecule has 2 N–H and O–H groups in total. The number of likely N-dealkylation sites (N-methyl/N-ethyl adjacent to an activating group) is 1. The first-order valence-electron chi connectivity index (χ1n) is 6.99. The van der Waals surface area contributed by atoms with Gasteiger partial charge in [0, 0.05) is 25.2 Å². The maximum absolute atomic E-state index is 12.4. The Morgan fingerprint density at radius 3 is 2.10 bits per heavy atom. The average molecular weight is 301 g/mol. The van der Waals surface area contributed by atoms with Crippen molar-refractivity contribution in [3.63, 3.8) is 0 Å². The zero-order valence-electron chi connectivity index (χ0n) is 13.8. The third-order valence-corrected chi connectivity index (χ3v) is 2.75. The Labute approximate surface area is 126 Å². The van der Waals surface area contributed by atoms with Gasteiger partial charge in [-0.3, -0.25) is 9.59 Å². The Kier molecular flexibility index (Phi) is 7.18. The summed E-state index contributed by atoms with van der Waals surface area (Å²) in [6, 6.07) is -0.352. The molecule has 0 spiro atoms. The number of hydrogen-bond donors (Lipinski definition) is 2. The van der Waals surface area contributed by atoms with Crippen molar-refractivity contribution in [3.8, 4) is 0 Å². The van der Waals surface area contributed by atoms with Crippen LogP contribution >= 0.6 is 0 Å². The second kappa shape index (κ2) is 7.85. The van der Waals surface area contributed by atoms with Crippen LogP contribution in [-0.2, 0) is 9.59 Å². The van der Waals surface area contributed by atoms with E-state index in [1.165, 1.54) is 16.8 Å². The highest BCUT2D eigenvalue weighted by Crippen LogP contribution is 2.16. The third kappa shape index (κ3) is 7.53. The second-order valence-electron chi connectivity index (χ2n) is 6.33. The van der Waals surface area contributed by atoms with E-state index < -0.39 is 11.5 Å². The van der Waals surface area contributed by atoms with E-state index in [4.69, 9.17) is 5.11 Å². The van der Waals surface area contributed by atoms with Gasteiger partial charge >= 0.3 is 12.0 Å². The van der Waals surface area contributed by atoms with Gasteiger partial charge in [0.05, 0.1) is 6.42 Å². The maximum atomic E-state index is 12.4. The summed E-state index contributed by atoms with van der Waals surface area (Å²) in [5.74, 6) is -1.20. The van der Waals surface area contributed by atoms with Crippen LogP contribution in [0.4, 0.5) is 4.79 Å². The molecular weight excluding hydrogens is 274 g/mol. The van der Waals surface area contributed by atoms with E-state index in [2.05, 4.69) is 5.32 Å². The molecule has 0 atom stereocenters. The summed E-state index contributed by atoms with van der Waals surface area (Å²) >= 11 is 0. The number of amides is 3. The molecule has 0 aromatic carbocycles. The van der Waals surface area contributed by atoms with Gasteiger partial charge in [0.25, 0.3) is 0 Å². The zero-order valence-corrected chi connectivity index (χ0v) is 13.8. The molecule has 0 unspecified atom stereocenters. The molecule has 0 rings (SSSR count). The Balaban J connectivity index is 4.79. The quantitative estimate of drug-likeness (QED) is 0.769. The Morgan fingerprint density at radius 1 is 1.19 bits per heavy atom. The number of nitrogens with zero attached hydrogens (tertiary/aromatic N) is 2. The van der Waals surface area contributed by atoms with Gasteiger partial charge in [0.2, 0.25) is 5.91 Å². The smallest absolute Gasteiger partial charge is 0.320 e. The van der Waals surface area contributed by atoms with Gasteiger partial charge in [-0.1, -0.05) is 0 Å². The van der Waals surface area contributed by atoms with E-state index in [9.17, 15) is 14.4 Å². The molecule has 0 aromatic rings. The minimum atomic E-state index is -0.961. The highest BCUT2D eigenvalue weighted by atomic mass is 16.4. The number of hydrogen-bond acceptors (Lipinski definition) is 3. The lowest BCUT2D eigenvalue weighted by molar-refractivity contribution is -0.137. The zero-order chi connectivity index (χ0) is 16.8. The van der Waals surface area contributed by atoms with Gasteiger partial charge in [-0.2, -0.15) is 0 Å². The molecule has 7 nitrogen and oxygen atoms in total. The molecule has 0 aliphatic heterocycles. The Bertz CT molecular complexity index is 388. The van der Waals surface area contributed by atoms with Crippen LogP contribution in [0, 0.1) is 0 Å². The van der Waals surface area contributed by atoms with Crippen molar-refractivity contribution in [1.82, 2.24) is 15.1 Å². The summed E-state index contributed by atoms with van der Waals surface area (Å²) in [7, 11) is 1.53. The van der Waals surface area contributed by atoms with Crippen molar-refractivity contribution in [2.75, 3.05) is 20.1 Å². The normalized spacial score (nSPS) is 11.2. The number of carbonyl (C=O) groups is 3. The van der Waals surface area contributed by atoms with Gasteiger partial charge in [0.1, 0.15) is 6.54 Å². The topological polar surface area (TPSA) is 90.0 Å². The van der Waals surface area contributed by atoms with Crippen molar-refractivity contribution >= 4 is 17.9 Å². The number of carboxylic acid groups (broad SMARTS) is 1. The lowest BCUT2D eigenvalue weighted by Crippen LogP contribution is -2.53. The highest BCUT2D eigenvalue weighted by molar-refractivity contribution is 5.84. The van der Waals surface area contributed by atoms with Gasteiger partial charge in [-0.15, -0.1) is 0 Å². The van der Waals surface area contributed by atoms with Crippen molar-refractivity contribution in [2.45, 2.75) is 52.6 Å². The van der Waals surface area contributed by atoms with Crippen LogP contribution in [0.5, 0.6) is 0 Å². The summed E-state index contributed by atoms with van der Waals surface area (Å²) in [5, 5.41) is 11.5. The molecule has 0 heterocycles. The van der Waals surface area contributed by atoms with E-state index in [0.29, 0.717) is 0 Å². The fourth-order valence-corrected chi connectivity index (χ4v) is 1.78. The molecule has 0 aliphatic rings. The van der Waals surface area contributed by atoms with E-state index in [1.54, 1.807) is 0 Å². The molecular formula is C14H27N3O4. The van der Waals surface area contributed by atoms with Gasteiger partial charge < -0.3 is 20.2 Å². The van der Waals surface area contributed by atoms with Gasteiger partial charge in [0.15, 0.2) is 0 Å². The molecule has 0 aromatic heterocycles. The van der Waals surface area contributed by atoms with E-state index in [-0.39, 0.29) is 37.5 Å². The molecule has 0 fully saturated rings. The van der Waals surface area contributed by atoms with Crippen molar-refractivity contribution < 1.29 is 19.5 Å². The number of carboxylic acids is 1. The van der Waals surface area contributed by atoms with Gasteiger partial charge in [-0.05, 0) is 34.6 Å². The number of carbonyl (C=O) groups excluding carboxylic acids is 2. The molecule has 122 valence electrons. The van der Waals surface area contributed by atoms with Gasteiger partial charge in [-0.25, -0.2) is 4.79 Å². The SMILES string of the molecule is CC(C)NC(=O)CN(C)C(=O)N(CCC(=O)O)C(C)(C)C. The van der Waals surface area contributed by atoms with Crippen LogP contribution in [0.25, 0.3) is 0 Å². The number of rotatable bonds is 6. The molecule has 0 bridgehead atoms. The summed E-state index contributed by atoms with van der Waals surface area (Å²) in [6.07, 6.45) is -0.130. The Morgan fingerprint density at radius 2 is 1.71 bits per heavy atom. The molecule has 7 heteroatoms. The summed E-state index contributed by atoms with van der Waals surface area (Å²) in [6.45, 7) is 9.21. The summed E-state index contributed by atoms with van der Waals surface area (Å²) in [5.41, 5.74) is -0.519. The Hall–Kier alpha value is -1.79. The average Bonchev–Trinajstić information content (AvgIpc) is 2.24. The van der Waals surface area contributed by atoms with Crippen LogP contribution < -0.4 is 5.32 Å². The van der Waals surface area contributed by atoms with E-state index in [1.807, 2.05) is 34.6 Å². The second-order valence-corrected chi connectivity index (χ2v) is 6.33. The predicted molar refractivity (Wildman–Crippen MR) is 80.0 cm³/mol.